The van der Waals surface area contributed by atoms with Gasteiger partial charge in [0.25, 0.3) is 0 Å². The van der Waals surface area contributed by atoms with Crippen molar-refractivity contribution in [1.82, 2.24) is 0 Å². The van der Waals surface area contributed by atoms with Crippen LogP contribution in [0.15, 0.2) is 24.3 Å². The van der Waals surface area contributed by atoms with Crippen LogP contribution >= 0.6 is 0 Å². The monoisotopic (exact) mass is 290 g/mol. The molecule has 0 fully saturated rings. The summed E-state index contributed by atoms with van der Waals surface area (Å²) in [6, 6.07) is 8.22. The van der Waals surface area contributed by atoms with E-state index in [2.05, 4.69) is 38.3 Å². The van der Waals surface area contributed by atoms with Gasteiger partial charge in [0.1, 0.15) is 11.5 Å². The Kier molecular flexibility index (Phi) is 16.7. The highest BCUT2D eigenvalue weighted by Crippen LogP contribution is 2.11. The van der Waals surface area contributed by atoms with E-state index in [4.69, 9.17) is 4.74 Å². The minimum absolute atomic E-state index is 0.255. The van der Waals surface area contributed by atoms with Gasteiger partial charge in [0.15, 0.2) is 0 Å². The summed E-state index contributed by atoms with van der Waals surface area (Å²) in [5, 5.41) is 0. The number of ketones is 1. The van der Waals surface area contributed by atoms with Gasteiger partial charge in [0.05, 0.1) is 6.61 Å². The van der Waals surface area contributed by atoms with Crippen LogP contribution in [0.25, 0.3) is 0 Å². The quantitative estimate of drug-likeness (QED) is 0.532. The number of rotatable bonds is 6. The van der Waals surface area contributed by atoms with Crippen LogP contribution in [0.4, 0.5) is 0 Å². The van der Waals surface area contributed by atoms with Crippen molar-refractivity contribution >= 4 is 5.78 Å². The summed E-state index contributed by atoms with van der Waals surface area (Å²) in [5.74, 6) is 3.49. The van der Waals surface area contributed by atoms with Crippen molar-refractivity contribution < 1.29 is 9.53 Å². The number of terminal acetylenes is 1. The van der Waals surface area contributed by atoms with E-state index in [1.165, 1.54) is 18.4 Å². The van der Waals surface area contributed by atoms with Gasteiger partial charge < -0.3 is 9.53 Å². The average Bonchev–Trinajstić information content (AvgIpc) is 2.47. The first kappa shape index (κ1) is 21.5. The Bertz CT molecular complexity index is 385. The number of hydrogen-bond acceptors (Lipinski definition) is 2. The third-order valence-electron chi connectivity index (χ3n) is 2.54. The highest BCUT2D eigenvalue weighted by atomic mass is 16.5. The van der Waals surface area contributed by atoms with E-state index in [1.54, 1.807) is 13.8 Å². The Balaban J connectivity index is 0. The van der Waals surface area contributed by atoms with Crippen molar-refractivity contribution in [2.24, 2.45) is 0 Å². The molecule has 118 valence electrons. The van der Waals surface area contributed by atoms with Crippen molar-refractivity contribution in [3.63, 3.8) is 0 Å². The van der Waals surface area contributed by atoms with Crippen LogP contribution < -0.4 is 4.74 Å². The summed E-state index contributed by atoms with van der Waals surface area (Å²) in [6.07, 6.45) is 8.92. The highest BCUT2D eigenvalue weighted by molar-refractivity contribution is 5.74. The maximum atomic E-state index is 9.81. The number of hydrogen-bond donors (Lipinski definition) is 0. The number of ether oxygens (including phenoxy) is 1. The number of aryl methyl sites for hydroxylation is 1. The molecule has 0 saturated carbocycles. The smallest absolute Gasteiger partial charge is 0.129 e. The molecule has 0 bridgehead atoms. The van der Waals surface area contributed by atoms with Gasteiger partial charge >= 0.3 is 0 Å². The summed E-state index contributed by atoms with van der Waals surface area (Å²) in [7, 11) is 0. The molecular formula is C19H30O2. The summed E-state index contributed by atoms with van der Waals surface area (Å²) in [5.41, 5.74) is 1.28. The third-order valence-corrected chi connectivity index (χ3v) is 2.54. The van der Waals surface area contributed by atoms with Crippen LogP contribution in [0.5, 0.6) is 5.75 Å². The number of carbonyl (C=O) groups is 1. The summed E-state index contributed by atoms with van der Waals surface area (Å²) < 4.78 is 5.56. The van der Waals surface area contributed by atoms with Crippen molar-refractivity contribution in [3.8, 4) is 18.1 Å². The Labute approximate surface area is 130 Å². The van der Waals surface area contributed by atoms with Gasteiger partial charge in [-0.1, -0.05) is 44.4 Å². The van der Waals surface area contributed by atoms with Crippen LogP contribution in [0.2, 0.25) is 0 Å². The zero-order valence-electron chi connectivity index (χ0n) is 14.2. The molecule has 0 aliphatic carbocycles. The molecule has 1 aromatic rings. The molecular weight excluding hydrogens is 260 g/mol. The fraction of sp³-hybridized carbons (Fsp3) is 0.526. The SMILES string of the molecule is C#CC.CCC(C)=O.CCCCCOc1ccc(C)cc1. The topological polar surface area (TPSA) is 26.3 Å². The molecule has 0 atom stereocenters. The first-order valence-electron chi connectivity index (χ1n) is 7.57. The van der Waals surface area contributed by atoms with E-state index in [0.29, 0.717) is 6.42 Å². The molecule has 0 aromatic heterocycles. The van der Waals surface area contributed by atoms with E-state index < -0.39 is 0 Å². The summed E-state index contributed by atoms with van der Waals surface area (Å²) in [6.45, 7) is 10.2. The minimum atomic E-state index is 0.255. The van der Waals surface area contributed by atoms with Crippen molar-refractivity contribution in [3.05, 3.63) is 29.8 Å². The van der Waals surface area contributed by atoms with Gasteiger partial charge in [0, 0.05) is 6.42 Å². The maximum absolute atomic E-state index is 9.81. The summed E-state index contributed by atoms with van der Waals surface area (Å²) in [4.78, 5) is 9.81. The molecule has 0 radical (unpaired) electrons. The minimum Gasteiger partial charge on any atom is -0.494 e. The van der Waals surface area contributed by atoms with Crippen LogP contribution in [-0.4, -0.2) is 12.4 Å². The lowest BCUT2D eigenvalue weighted by atomic mass is 10.2. The van der Waals surface area contributed by atoms with Crippen molar-refractivity contribution in [2.45, 2.75) is 60.3 Å². The molecule has 0 amide bonds. The number of unbranched alkanes of at least 4 members (excludes halogenated alkanes) is 2. The Hall–Kier alpha value is -1.75. The predicted octanol–water partition coefficient (Wildman–Crippen LogP) is 5.19. The fourth-order valence-electron chi connectivity index (χ4n) is 1.18. The molecule has 2 nitrogen and oxygen atoms in total. The van der Waals surface area contributed by atoms with Crippen LogP contribution in [0, 0.1) is 19.3 Å². The van der Waals surface area contributed by atoms with Crippen LogP contribution in [0.3, 0.4) is 0 Å². The molecule has 0 unspecified atom stereocenters. The van der Waals surface area contributed by atoms with E-state index in [-0.39, 0.29) is 5.78 Å². The standard InChI is InChI=1S/C12H18O.C4H8O.C3H4/c1-3-4-5-10-13-12-8-6-11(2)7-9-12;1-3-4(2)5;1-3-2/h6-9H,3-5,10H2,1-2H3;3H2,1-2H3;1H,2H3. The van der Waals surface area contributed by atoms with Gasteiger partial charge in [-0.25, -0.2) is 0 Å². The molecule has 2 heteroatoms. The van der Waals surface area contributed by atoms with E-state index in [9.17, 15) is 4.79 Å². The zero-order valence-corrected chi connectivity index (χ0v) is 14.2. The molecule has 1 aromatic carbocycles. The van der Waals surface area contributed by atoms with Gasteiger partial charge in [-0.15, -0.1) is 12.3 Å². The molecule has 21 heavy (non-hydrogen) atoms. The molecule has 0 N–H and O–H groups in total. The predicted molar refractivity (Wildman–Crippen MR) is 91.7 cm³/mol. The van der Waals surface area contributed by atoms with Gasteiger partial charge in [-0.2, -0.15) is 0 Å². The number of benzene rings is 1. The summed E-state index contributed by atoms with van der Waals surface area (Å²) >= 11 is 0. The molecule has 1 rings (SSSR count). The largest absolute Gasteiger partial charge is 0.494 e. The van der Waals surface area contributed by atoms with Gasteiger partial charge in [-0.3, -0.25) is 0 Å². The molecule has 0 spiro atoms. The maximum Gasteiger partial charge on any atom is 0.129 e. The van der Waals surface area contributed by atoms with Crippen molar-refractivity contribution in [1.29, 1.82) is 0 Å². The Morgan fingerprint density at radius 1 is 1.19 bits per heavy atom. The molecule has 0 aliphatic rings. The zero-order chi connectivity index (χ0) is 16.5. The normalized spacial score (nSPS) is 8.38. The first-order valence-corrected chi connectivity index (χ1v) is 7.57. The number of carbonyl (C=O) groups excluding carboxylic acids is 1. The first-order chi connectivity index (χ1) is 10.0. The second-order valence-electron chi connectivity index (χ2n) is 4.71. The highest BCUT2D eigenvalue weighted by Gasteiger charge is 1.92. The Morgan fingerprint density at radius 3 is 2.05 bits per heavy atom. The number of Topliss-reactive ketones (excluding diaryl/α,β-unsaturated/α-hetero) is 1. The lowest BCUT2D eigenvalue weighted by Crippen LogP contribution is -1.96. The Morgan fingerprint density at radius 2 is 1.67 bits per heavy atom. The van der Waals surface area contributed by atoms with E-state index in [1.807, 2.05) is 19.1 Å². The lowest BCUT2D eigenvalue weighted by Gasteiger charge is -2.05. The van der Waals surface area contributed by atoms with Crippen LogP contribution in [-0.2, 0) is 4.79 Å². The molecule has 0 heterocycles. The third kappa shape index (κ3) is 18.2. The molecule has 0 aliphatic heterocycles. The second kappa shape index (κ2) is 16.3. The van der Waals surface area contributed by atoms with Crippen molar-refractivity contribution in [2.75, 3.05) is 6.61 Å². The van der Waals surface area contributed by atoms with Gasteiger partial charge in [-0.05, 0) is 39.3 Å². The fourth-order valence-corrected chi connectivity index (χ4v) is 1.18. The van der Waals surface area contributed by atoms with Crippen LogP contribution in [0.1, 0.15) is 58.9 Å². The van der Waals surface area contributed by atoms with E-state index in [0.717, 1.165) is 18.8 Å². The second-order valence-corrected chi connectivity index (χ2v) is 4.71. The van der Waals surface area contributed by atoms with Gasteiger partial charge in [0.2, 0.25) is 0 Å². The average molecular weight is 290 g/mol. The molecule has 0 saturated heterocycles. The lowest BCUT2D eigenvalue weighted by molar-refractivity contribution is -0.116. The van der Waals surface area contributed by atoms with E-state index >= 15 is 0 Å².